The van der Waals surface area contributed by atoms with Crippen LogP contribution in [0.1, 0.15) is 46.0 Å². The Hall–Kier alpha value is -2.67. The molecule has 2 aromatic rings. The van der Waals surface area contributed by atoms with Crippen molar-refractivity contribution in [3.05, 3.63) is 65.2 Å². The molecule has 2 rings (SSSR count). The first-order valence-corrected chi connectivity index (χ1v) is 10.4. The Labute approximate surface area is 159 Å². The number of aromatic carboxylic acids is 1. The van der Waals surface area contributed by atoms with Crippen LogP contribution in [0, 0.1) is 0 Å². The molecule has 7 heteroatoms. The van der Waals surface area contributed by atoms with E-state index in [9.17, 15) is 18.0 Å². The zero-order valence-electron chi connectivity index (χ0n) is 15.1. The maximum atomic E-state index is 12.2. The van der Waals surface area contributed by atoms with Crippen molar-refractivity contribution in [2.24, 2.45) is 0 Å². The van der Waals surface area contributed by atoms with Crippen LogP contribution in [-0.4, -0.2) is 37.7 Å². The summed E-state index contributed by atoms with van der Waals surface area (Å²) in [6, 6.07) is 12.5. The molecule has 0 aliphatic heterocycles. The van der Waals surface area contributed by atoms with E-state index in [4.69, 9.17) is 5.11 Å². The summed E-state index contributed by atoms with van der Waals surface area (Å²) in [7, 11) is -3.31. The fourth-order valence-corrected chi connectivity index (χ4v) is 4.00. The largest absolute Gasteiger partial charge is 0.478 e. The van der Waals surface area contributed by atoms with Crippen LogP contribution in [0.5, 0.6) is 0 Å². The number of carboxylic acid groups (broad SMARTS) is 1. The first-order valence-electron chi connectivity index (χ1n) is 8.76. The van der Waals surface area contributed by atoms with Crippen molar-refractivity contribution in [1.82, 2.24) is 5.32 Å². The molecule has 0 aliphatic carbocycles. The lowest BCUT2D eigenvalue weighted by Gasteiger charge is -2.08. The number of hydrogen-bond donors (Lipinski definition) is 2. The van der Waals surface area contributed by atoms with E-state index < -0.39 is 15.8 Å². The van der Waals surface area contributed by atoms with Crippen molar-refractivity contribution in [3.8, 4) is 0 Å². The van der Waals surface area contributed by atoms with Gasteiger partial charge in [-0.05, 0) is 54.8 Å². The van der Waals surface area contributed by atoms with Crippen molar-refractivity contribution in [1.29, 1.82) is 0 Å². The molecule has 1 amide bonds. The molecule has 0 bridgehead atoms. The summed E-state index contributed by atoms with van der Waals surface area (Å²) >= 11 is 0. The van der Waals surface area contributed by atoms with Crippen LogP contribution in [0.4, 0.5) is 0 Å². The van der Waals surface area contributed by atoms with Gasteiger partial charge in [0.25, 0.3) is 5.91 Å². The van der Waals surface area contributed by atoms with Crippen LogP contribution in [0.2, 0.25) is 0 Å². The van der Waals surface area contributed by atoms with Crippen LogP contribution in [0.25, 0.3) is 0 Å². The molecule has 0 aliphatic rings. The molecule has 6 nitrogen and oxygen atoms in total. The van der Waals surface area contributed by atoms with E-state index in [2.05, 4.69) is 5.32 Å². The molecular weight excluding hydrogens is 366 g/mol. The standard InChI is InChI=1S/C20H23NO5S/c1-2-3-13-27(25,26)18-9-7-16(8-10-18)19(22)21-12-11-15-5-4-6-17(14-15)20(23)24/h4-10,14H,2-3,11-13H2,1H3,(H,21,22)(H,23,24). The Morgan fingerprint density at radius 3 is 2.37 bits per heavy atom. The predicted octanol–water partition coefficient (Wildman–Crippen LogP) is 2.93. The number of carboxylic acids is 1. The Morgan fingerprint density at radius 2 is 1.74 bits per heavy atom. The average molecular weight is 389 g/mol. The van der Waals surface area contributed by atoms with Gasteiger partial charge in [-0.3, -0.25) is 4.79 Å². The summed E-state index contributed by atoms with van der Waals surface area (Å²) in [5.74, 6) is -1.19. The fraction of sp³-hybridized carbons (Fsp3) is 0.300. The first-order chi connectivity index (χ1) is 12.8. The summed E-state index contributed by atoms with van der Waals surface area (Å²) in [6.07, 6.45) is 1.90. The molecule has 0 radical (unpaired) electrons. The zero-order chi connectivity index (χ0) is 19.9. The van der Waals surface area contributed by atoms with Gasteiger partial charge in [0.05, 0.1) is 16.2 Å². The Balaban J connectivity index is 1.93. The minimum absolute atomic E-state index is 0.102. The maximum absolute atomic E-state index is 12.2. The average Bonchev–Trinajstić information content (AvgIpc) is 2.66. The van der Waals surface area contributed by atoms with Gasteiger partial charge >= 0.3 is 5.97 Å². The van der Waals surface area contributed by atoms with Crippen molar-refractivity contribution < 1.29 is 23.1 Å². The first kappa shape index (κ1) is 20.6. The van der Waals surface area contributed by atoms with Gasteiger partial charge in [-0.25, -0.2) is 13.2 Å². The number of benzene rings is 2. The third kappa shape index (κ3) is 5.92. The molecule has 0 saturated heterocycles. The molecule has 2 N–H and O–H groups in total. The molecule has 0 aromatic heterocycles. The third-order valence-electron chi connectivity index (χ3n) is 4.12. The van der Waals surface area contributed by atoms with Gasteiger partial charge in [-0.15, -0.1) is 0 Å². The van der Waals surface area contributed by atoms with Gasteiger partial charge in [0.1, 0.15) is 0 Å². The zero-order valence-corrected chi connectivity index (χ0v) is 16.0. The molecule has 0 atom stereocenters. The summed E-state index contributed by atoms with van der Waals surface area (Å²) in [4.78, 5) is 23.4. The lowest BCUT2D eigenvalue weighted by molar-refractivity contribution is 0.0696. The van der Waals surface area contributed by atoms with Crippen LogP contribution >= 0.6 is 0 Å². The maximum Gasteiger partial charge on any atom is 0.335 e. The van der Waals surface area contributed by atoms with E-state index in [0.717, 1.165) is 12.0 Å². The summed E-state index contributed by atoms with van der Waals surface area (Å²) in [5.41, 5.74) is 1.40. The van der Waals surface area contributed by atoms with Crippen molar-refractivity contribution in [3.63, 3.8) is 0 Å². The van der Waals surface area contributed by atoms with Gasteiger partial charge < -0.3 is 10.4 Å². The number of amides is 1. The predicted molar refractivity (Wildman–Crippen MR) is 103 cm³/mol. The Morgan fingerprint density at radius 1 is 1.04 bits per heavy atom. The van der Waals surface area contributed by atoms with E-state index in [0.29, 0.717) is 24.9 Å². The monoisotopic (exact) mass is 389 g/mol. The molecule has 0 saturated carbocycles. The van der Waals surface area contributed by atoms with Gasteiger partial charge in [0.2, 0.25) is 0 Å². The van der Waals surface area contributed by atoms with Crippen molar-refractivity contribution in [2.45, 2.75) is 31.1 Å². The Kier molecular flexibility index (Phi) is 7.12. The van der Waals surface area contributed by atoms with Crippen LogP contribution < -0.4 is 5.32 Å². The molecular formula is C20H23NO5S. The van der Waals surface area contributed by atoms with E-state index in [1.165, 1.54) is 30.3 Å². The van der Waals surface area contributed by atoms with Gasteiger partial charge in [-0.2, -0.15) is 0 Å². The highest BCUT2D eigenvalue weighted by Gasteiger charge is 2.14. The molecule has 2 aromatic carbocycles. The van der Waals surface area contributed by atoms with Crippen molar-refractivity contribution >= 4 is 21.7 Å². The van der Waals surface area contributed by atoms with Crippen molar-refractivity contribution in [2.75, 3.05) is 12.3 Å². The molecule has 0 heterocycles. The highest BCUT2D eigenvalue weighted by Crippen LogP contribution is 2.14. The van der Waals surface area contributed by atoms with Gasteiger partial charge in [0.15, 0.2) is 9.84 Å². The second kappa shape index (κ2) is 9.32. The second-order valence-electron chi connectivity index (χ2n) is 6.21. The minimum Gasteiger partial charge on any atom is -0.478 e. The summed E-state index contributed by atoms with van der Waals surface area (Å²) < 4.78 is 24.3. The lowest BCUT2D eigenvalue weighted by atomic mass is 10.1. The molecule has 144 valence electrons. The molecule has 0 spiro atoms. The van der Waals surface area contributed by atoms with Crippen LogP contribution in [0.15, 0.2) is 53.4 Å². The Bertz CT molecular complexity index is 904. The SMILES string of the molecule is CCCCS(=O)(=O)c1ccc(C(=O)NCCc2cccc(C(=O)O)c2)cc1. The van der Waals surface area contributed by atoms with E-state index in [1.807, 2.05) is 6.92 Å². The third-order valence-corrected chi connectivity index (χ3v) is 5.93. The quantitative estimate of drug-likeness (QED) is 0.687. The van der Waals surface area contributed by atoms with E-state index in [-0.39, 0.29) is 22.1 Å². The molecule has 27 heavy (non-hydrogen) atoms. The highest BCUT2D eigenvalue weighted by atomic mass is 32.2. The summed E-state index contributed by atoms with van der Waals surface area (Å²) in [5, 5.41) is 11.7. The van der Waals surface area contributed by atoms with Gasteiger partial charge in [0, 0.05) is 12.1 Å². The van der Waals surface area contributed by atoms with Crippen LogP contribution in [0.3, 0.4) is 0 Å². The second-order valence-corrected chi connectivity index (χ2v) is 8.32. The fourth-order valence-electron chi connectivity index (χ4n) is 2.55. The number of carbonyl (C=O) groups is 2. The number of unbranched alkanes of at least 4 members (excludes halogenated alkanes) is 1. The summed E-state index contributed by atoms with van der Waals surface area (Å²) in [6.45, 7) is 2.28. The van der Waals surface area contributed by atoms with Crippen LogP contribution in [-0.2, 0) is 16.3 Å². The lowest BCUT2D eigenvalue weighted by Crippen LogP contribution is -2.25. The van der Waals surface area contributed by atoms with E-state index in [1.54, 1.807) is 18.2 Å². The molecule has 0 fully saturated rings. The highest BCUT2D eigenvalue weighted by molar-refractivity contribution is 7.91. The number of carbonyl (C=O) groups excluding carboxylic acids is 1. The smallest absolute Gasteiger partial charge is 0.335 e. The number of hydrogen-bond acceptors (Lipinski definition) is 4. The number of nitrogens with one attached hydrogen (secondary N) is 1. The number of rotatable bonds is 9. The normalized spacial score (nSPS) is 11.1. The van der Waals surface area contributed by atoms with E-state index >= 15 is 0 Å². The van der Waals surface area contributed by atoms with Gasteiger partial charge in [-0.1, -0.05) is 25.5 Å². The minimum atomic E-state index is -3.31. The number of sulfone groups is 1. The molecule has 0 unspecified atom stereocenters. The topological polar surface area (TPSA) is 101 Å².